The third kappa shape index (κ3) is 5.44. The Morgan fingerprint density at radius 2 is 1.40 bits per heavy atom. The van der Waals surface area contributed by atoms with Crippen LogP contribution in [0, 0.1) is 16.7 Å². The van der Waals surface area contributed by atoms with E-state index in [2.05, 4.69) is 56.3 Å². The molecule has 1 unspecified atom stereocenters. The normalized spacial score (nSPS) is 29.3. The molecule has 0 aliphatic heterocycles. The van der Waals surface area contributed by atoms with Gasteiger partial charge in [-0.2, -0.15) is 0 Å². The quantitative estimate of drug-likeness (QED) is 0.339. The number of allylic oxidation sites excluding steroid dienone is 2. The number of carbonyl (C=O) groups excluding carboxylic acids is 2. The van der Waals surface area contributed by atoms with E-state index in [-0.39, 0.29) is 22.5 Å². The van der Waals surface area contributed by atoms with Gasteiger partial charge in [0, 0.05) is 25.2 Å². The fourth-order valence-corrected chi connectivity index (χ4v) is 8.33. The zero-order valence-electron chi connectivity index (χ0n) is 24.8. The van der Waals surface area contributed by atoms with Crippen molar-refractivity contribution in [2.24, 2.45) is 16.7 Å². The van der Waals surface area contributed by atoms with Gasteiger partial charge >= 0.3 is 0 Å². The smallest absolute Gasteiger partial charge is 0.156 e. The Bertz CT molecular complexity index is 1520. The number of hydrogen-bond donors (Lipinski definition) is 2. The first-order chi connectivity index (χ1) is 20.1. The molecule has 2 N–H and O–H groups in total. The number of aromatic hydroxyl groups is 2. The van der Waals surface area contributed by atoms with Crippen LogP contribution in [0.3, 0.4) is 0 Å². The van der Waals surface area contributed by atoms with E-state index in [4.69, 9.17) is 0 Å². The molecule has 42 heavy (non-hydrogen) atoms. The van der Waals surface area contributed by atoms with Crippen LogP contribution in [0.1, 0.15) is 92.0 Å². The highest BCUT2D eigenvalue weighted by Crippen LogP contribution is 2.57. The molecular weight excluding hydrogens is 520 g/mol. The molecular formula is C38H42O4. The van der Waals surface area contributed by atoms with Crippen LogP contribution >= 0.6 is 0 Å². The van der Waals surface area contributed by atoms with Crippen molar-refractivity contribution in [1.29, 1.82) is 0 Å². The number of aryl methyl sites for hydroxylation is 3. The first-order valence-electron chi connectivity index (χ1n) is 15.6. The van der Waals surface area contributed by atoms with Gasteiger partial charge in [0.2, 0.25) is 0 Å². The molecule has 1 saturated carbocycles. The number of phenolic OH excluding ortho intramolecular Hbond substituents is 2. The van der Waals surface area contributed by atoms with Crippen molar-refractivity contribution in [2.75, 3.05) is 0 Å². The second kappa shape index (κ2) is 11.2. The zero-order valence-corrected chi connectivity index (χ0v) is 24.8. The molecule has 1 fully saturated rings. The number of phenols is 2. The molecule has 4 nitrogen and oxygen atoms in total. The summed E-state index contributed by atoms with van der Waals surface area (Å²) in [5.74, 6) is 2.31. The number of ketones is 2. The van der Waals surface area contributed by atoms with Crippen LogP contribution in [0.25, 0.3) is 0 Å². The lowest BCUT2D eigenvalue weighted by atomic mass is 9.53. The maximum Gasteiger partial charge on any atom is 0.156 e. The lowest BCUT2D eigenvalue weighted by Gasteiger charge is -2.51. The van der Waals surface area contributed by atoms with Crippen molar-refractivity contribution in [3.05, 3.63) is 107 Å². The fourth-order valence-electron chi connectivity index (χ4n) is 8.33. The van der Waals surface area contributed by atoms with Gasteiger partial charge in [-0.25, -0.2) is 0 Å². The first-order valence-corrected chi connectivity index (χ1v) is 15.6. The van der Waals surface area contributed by atoms with Gasteiger partial charge in [-0.3, -0.25) is 9.59 Å². The molecule has 5 atom stereocenters. The Balaban J connectivity index is 0.000000162. The molecule has 3 aromatic rings. The predicted octanol–water partition coefficient (Wildman–Crippen LogP) is 8.00. The summed E-state index contributed by atoms with van der Waals surface area (Å²) in [4.78, 5) is 24.1. The molecule has 0 heterocycles. The maximum atomic E-state index is 12.5. The van der Waals surface area contributed by atoms with Crippen molar-refractivity contribution in [1.82, 2.24) is 0 Å². The van der Waals surface area contributed by atoms with Gasteiger partial charge in [-0.1, -0.05) is 62.4 Å². The summed E-state index contributed by atoms with van der Waals surface area (Å²) in [6, 6.07) is 21.9. The third-order valence-electron chi connectivity index (χ3n) is 11.0. The molecule has 0 saturated heterocycles. The minimum Gasteiger partial charge on any atom is -0.508 e. The zero-order chi connectivity index (χ0) is 29.5. The van der Waals surface area contributed by atoms with E-state index in [0.29, 0.717) is 42.0 Å². The Morgan fingerprint density at radius 1 is 0.762 bits per heavy atom. The minimum atomic E-state index is 0.109. The summed E-state index contributed by atoms with van der Waals surface area (Å²) in [6.07, 6.45) is 12.1. The topological polar surface area (TPSA) is 74.6 Å². The highest BCUT2D eigenvalue weighted by Gasteiger charge is 2.49. The Morgan fingerprint density at radius 3 is 2.10 bits per heavy atom. The van der Waals surface area contributed by atoms with Crippen LogP contribution in [0.2, 0.25) is 0 Å². The average Bonchev–Trinajstić information content (AvgIpc) is 2.98. The van der Waals surface area contributed by atoms with Gasteiger partial charge in [0.05, 0.1) is 0 Å². The molecule has 0 bridgehead atoms. The van der Waals surface area contributed by atoms with Crippen LogP contribution in [0.4, 0.5) is 0 Å². The van der Waals surface area contributed by atoms with Crippen molar-refractivity contribution in [3.8, 4) is 11.5 Å². The van der Waals surface area contributed by atoms with Crippen LogP contribution in [0.15, 0.2) is 78.9 Å². The van der Waals surface area contributed by atoms with Crippen LogP contribution < -0.4 is 0 Å². The molecule has 3 aromatic carbocycles. The summed E-state index contributed by atoms with van der Waals surface area (Å²) in [5.41, 5.74) is 6.64. The van der Waals surface area contributed by atoms with Crippen LogP contribution in [-0.4, -0.2) is 21.8 Å². The molecule has 0 spiro atoms. The number of hydrogen-bond acceptors (Lipinski definition) is 4. The van der Waals surface area contributed by atoms with Gasteiger partial charge in [0.1, 0.15) is 17.3 Å². The molecule has 4 heteroatoms. The van der Waals surface area contributed by atoms with Crippen molar-refractivity contribution < 1.29 is 19.8 Å². The van der Waals surface area contributed by atoms with Gasteiger partial charge in [0.25, 0.3) is 0 Å². The minimum absolute atomic E-state index is 0.109. The second-order valence-electron chi connectivity index (χ2n) is 13.6. The van der Waals surface area contributed by atoms with Crippen LogP contribution in [-0.2, 0) is 28.9 Å². The van der Waals surface area contributed by atoms with E-state index in [9.17, 15) is 19.8 Å². The highest BCUT2D eigenvalue weighted by molar-refractivity contribution is 5.91. The molecule has 0 aromatic heterocycles. The standard InChI is InChI=1S/C23H26O2.C15H16O2/c1-23-12-11-17-13-19(24)9-10-21(17)22(23)15-20(25)14-18(23)8-7-16-5-3-2-4-6-16;1-15-6-4-10-8-11(16)2-3-13(10)14(15)9-12(17)5-7-15/h2-6,9-10,13,18,22,24H,7-8,11-12,14-15H2,1H3;2-3,5,7-8,14,16H,4,6,9H2,1H3/t18-,22-,23-;14?,15-/m00/s1. The van der Waals surface area contributed by atoms with E-state index in [1.165, 1.54) is 27.8 Å². The van der Waals surface area contributed by atoms with E-state index < -0.39 is 0 Å². The van der Waals surface area contributed by atoms with Gasteiger partial charge in [0.15, 0.2) is 5.78 Å². The van der Waals surface area contributed by atoms with E-state index in [0.717, 1.165) is 44.9 Å². The molecule has 218 valence electrons. The lowest BCUT2D eigenvalue weighted by molar-refractivity contribution is -0.126. The van der Waals surface area contributed by atoms with E-state index in [1.807, 2.05) is 18.2 Å². The SMILES string of the molecule is C[C@@]12CCc3cc(O)ccc3[C@@H]1CC(=O)C[C@@H]2CCc1ccccc1.C[C@]12C=CC(=O)CC1c1ccc(O)cc1CC2. The Kier molecular flexibility index (Phi) is 7.59. The van der Waals surface area contributed by atoms with Crippen LogP contribution in [0.5, 0.6) is 11.5 Å². The fraction of sp³-hybridized carbons (Fsp3) is 0.421. The number of rotatable bonds is 3. The van der Waals surface area contributed by atoms with E-state index >= 15 is 0 Å². The molecule has 7 rings (SSSR count). The maximum absolute atomic E-state index is 12.5. The number of fused-ring (bicyclic) bond motifs is 6. The lowest BCUT2D eigenvalue weighted by Crippen LogP contribution is -2.43. The Labute approximate surface area is 249 Å². The number of carbonyl (C=O) groups is 2. The summed E-state index contributed by atoms with van der Waals surface area (Å²) < 4.78 is 0. The third-order valence-corrected chi connectivity index (χ3v) is 11.0. The summed E-state index contributed by atoms with van der Waals surface area (Å²) in [6.45, 7) is 4.63. The average molecular weight is 563 g/mol. The largest absolute Gasteiger partial charge is 0.508 e. The van der Waals surface area contributed by atoms with Crippen molar-refractivity contribution in [2.45, 2.75) is 83.5 Å². The monoisotopic (exact) mass is 562 g/mol. The number of Topliss-reactive ketones (excluding diaryl/α,β-unsaturated/α-hetero) is 1. The van der Waals surface area contributed by atoms with Gasteiger partial charge < -0.3 is 10.2 Å². The molecule has 0 amide bonds. The second-order valence-corrected chi connectivity index (χ2v) is 13.6. The van der Waals surface area contributed by atoms with Crippen molar-refractivity contribution >= 4 is 11.6 Å². The number of benzene rings is 3. The first kappa shape index (κ1) is 28.5. The molecule has 4 aliphatic rings. The summed E-state index contributed by atoms with van der Waals surface area (Å²) >= 11 is 0. The van der Waals surface area contributed by atoms with Crippen molar-refractivity contribution in [3.63, 3.8) is 0 Å². The predicted molar refractivity (Wildman–Crippen MR) is 166 cm³/mol. The molecule has 4 aliphatic carbocycles. The molecule has 0 radical (unpaired) electrons. The summed E-state index contributed by atoms with van der Waals surface area (Å²) in [5, 5.41) is 19.3. The van der Waals surface area contributed by atoms with E-state index in [1.54, 1.807) is 18.2 Å². The Hall–Kier alpha value is -3.66. The summed E-state index contributed by atoms with van der Waals surface area (Å²) in [7, 11) is 0. The van der Waals surface area contributed by atoms with Gasteiger partial charge in [-0.15, -0.1) is 0 Å². The van der Waals surface area contributed by atoms with Gasteiger partial charge in [-0.05, 0) is 119 Å². The highest BCUT2D eigenvalue weighted by atomic mass is 16.3.